The Balaban J connectivity index is 1.84. The van der Waals surface area contributed by atoms with Gasteiger partial charge in [-0.1, -0.05) is 17.8 Å². The summed E-state index contributed by atoms with van der Waals surface area (Å²) < 4.78 is 5.13. The number of aromatic carboxylic acids is 1. The number of aromatic nitrogens is 1. The van der Waals surface area contributed by atoms with Crippen LogP contribution in [0, 0.1) is 0 Å². The van der Waals surface area contributed by atoms with Crippen LogP contribution < -0.4 is 0 Å². The van der Waals surface area contributed by atoms with E-state index in [2.05, 4.69) is 4.98 Å². The molecule has 5 heteroatoms. The number of carbonyl (C=O) groups is 1. The highest BCUT2D eigenvalue weighted by Crippen LogP contribution is 2.21. The summed E-state index contributed by atoms with van der Waals surface area (Å²) in [6, 6.07) is 7.06. The Morgan fingerprint density at radius 3 is 2.94 bits per heavy atom. The zero-order valence-electron chi connectivity index (χ0n) is 9.00. The van der Waals surface area contributed by atoms with Crippen LogP contribution in [0.1, 0.15) is 16.1 Å². The number of aryl methyl sites for hydroxylation is 1. The number of nitrogens with zero attached hydrogens (tertiary/aromatic N) is 1. The molecule has 0 spiro atoms. The van der Waals surface area contributed by atoms with Gasteiger partial charge in [-0.25, -0.2) is 4.79 Å². The van der Waals surface area contributed by atoms with Crippen LogP contribution in [0.2, 0.25) is 0 Å². The maximum Gasteiger partial charge on any atom is 0.371 e. The molecule has 0 aliphatic carbocycles. The van der Waals surface area contributed by atoms with Gasteiger partial charge in [0.15, 0.2) is 5.09 Å². The fourth-order valence-corrected chi connectivity index (χ4v) is 2.18. The predicted octanol–water partition coefficient (Wildman–Crippen LogP) is 2.71. The van der Waals surface area contributed by atoms with E-state index in [4.69, 9.17) is 9.52 Å². The van der Waals surface area contributed by atoms with Crippen LogP contribution in [0.25, 0.3) is 0 Å². The van der Waals surface area contributed by atoms with Gasteiger partial charge in [-0.2, -0.15) is 0 Å². The lowest BCUT2D eigenvalue weighted by molar-refractivity contribution is 0.0656. The summed E-state index contributed by atoms with van der Waals surface area (Å²) in [4.78, 5) is 14.6. The average molecular weight is 249 g/mol. The maximum atomic E-state index is 10.6. The Labute approximate surface area is 103 Å². The normalized spacial score (nSPS) is 10.4. The number of pyridine rings is 1. The first-order valence-corrected chi connectivity index (χ1v) is 6.09. The third kappa shape index (κ3) is 3.35. The van der Waals surface area contributed by atoms with Crippen molar-refractivity contribution in [2.24, 2.45) is 0 Å². The summed E-state index contributed by atoms with van der Waals surface area (Å²) in [5.74, 6) is -0.226. The summed E-state index contributed by atoms with van der Waals surface area (Å²) in [6.07, 6.45) is 4.44. The minimum atomic E-state index is -1.04. The highest BCUT2D eigenvalue weighted by molar-refractivity contribution is 7.99. The van der Waals surface area contributed by atoms with Crippen molar-refractivity contribution in [2.45, 2.75) is 11.5 Å². The second kappa shape index (κ2) is 5.54. The molecule has 1 N–H and O–H groups in total. The van der Waals surface area contributed by atoms with Gasteiger partial charge in [-0.15, -0.1) is 0 Å². The Morgan fingerprint density at radius 1 is 1.41 bits per heavy atom. The highest BCUT2D eigenvalue weighted by atomic mass is 32.2. The number of rotatable bonds is 5. The largest absolute Gasteiger partial charge is 0.475 e. The van der Waals surface area contributed by atoms with E-state index in [0.29, 0.717) is 5.09 Å². The first-order chi connectivity index (χ1) is 8.25. The topological polar surface area (TPSA) is 63.3 Å². The first-order valence-electron chi connectivity index (χ1n) is 5.10. The fraction of sp³-hybridized carbons (Fsp3) is 0.167. The summed E-state index contributed by atoms with van der Waals surface area (Å²) in [6.45, 7) is 0. The third-order valence-corrected chi connectivity index (χ3v) is 3.06. The van der Waals surface area contributed by atoms with Crippen molar-refractivity contribution in [3.05, 3.63) is 48.0 Å². The molecule has 0 fully saturated rings. The average Bonchev–Trinajstić information content (AvgIpc) is 2.79. The molecule has 0 atom stereocenters. The van der Waals surface area contributed by atoms with E-state index < -0.39 is 5.97 Å². The van der Waals surface area contributed by atoms with E-state index in [0.717, 1.165) is 17.7 Å². The van der Waals surface area contributed by atoms with E-state index in [9.17, 15) is 4.79 Å². The molecule has 2 rings (SSSR count). The minimum Gasteiger partial charge on any atom is -0.475 e. The monoisotopic (exact) mass is 249 g/mol. The number of carboxylic acid groups (broad SMARTS) is 1. The SMILES string of the molecule is O=C(O)c1ccc(SCCc2cccnc2)o1. The molecule has 0 aliphatic rings. The molecular weight excluding hydrogens is 238 g/mol. The number of hydrogen-bond acceptors (Lipinski definition) is 4. The van der Waals surface area contributed by atoms with Crippen molar-refractivity contribution in [2.75, 3.05) is 5.75 Å². The van der Waals surface area contributed by atoms with Crippen molar-refractivity contribution < 1.29 is 14.3 Å². The van der Waals surface area contributed by atoms with Crippen LogP contribution >= 0.6 is 11.8 Å². The van der Waals surface area contributed by atoms with Gasteiger partial charge in [0.1, 0.15) is 0 Å². The van der Waals surface area contributed by atoms with Gasteiger partial charge in [0.2, 0.25) is 5.76 Å². The molecule has 2 heterocycles. The first kappa shape index (κ1) is 11.7. The molecule has 0 saturated carbocycles. The molecular formula is C12H11NO3S. The molecule has 2 aromatic heterocycles. The zero-order valence-corrected chi connectivity index (χ0v) is 9.81. The van der Waals surface area contributed by atoms with Gasteiger partial charge in [0.25, 0.3) is 0 Å². The van der Waals surface area contributed by atoms with Crippen LogP contribution in [-0.2, 0) is 6.42 Å². The Kier molecular flexibility index (Phi) is 3.82. The lowest BCUT2D eigenvalue weighted by Crippen LogP contribution is -1.91. The van der Waals surface area contributed by atoms with Gasteiger partial charge in [0, 0.05) is 18.1 Å². The molecule has 88 valence electrons. The van der Waals surface area contributed by atoms with Crippen molar-refractivity contribution in [1.82, 2.24) is 4.98 Å². The minimum absolute atomic E-state index is 0.0196. The molecule has 0 bridgehead atoms. The van der Waals surface area contributed by atoms with Crippen molar-refractivity contribution in [1.29, 1.82) is 0 Å². The summed E-state index contributed by atoms with van der Waals surface area (Å²) >= 11 is 1.50. The number of carboxylic acids is 1. The van der Waals surface area contributed by atoms with Crippen LogP contribution in [0.4, 0.5) is 0 Å². The summed E-state index contributed by atoms with van der Waals surface area (Å²) in [5, 5.41) is 9.32. The molecule has 0 radical (unpaired) electrons. The molecule has 0 aromatic carbocycles. The Morgan fingerprint density at radius 2 is 2.29 bits per heavy atom. The van der Waals surface area contributed by atoms with Crippen molar-refractivity contribution >= 4 is 17.7 Å². The Bertz CT molecular complexity index is 495. The van der Waals surface area contributed by atoms with Crippen LogP contribution in [-0.4, -0.2) is 21.8 Å². The van der Waals surface area contributed by atoms with Crippen molar-refractivity contribution in [3.8, 4) is 0 Å². The van der Waals surface area contributed by atoms with Gasteiger partial charge >= 0.3 is 5.97 Å². The van der Waals surface area contributed by atoms with Crippen molar-refractivity contribution in [3.63, 3.8) is 0 Å². The molecule has 4 nitrogen and oxygen atoms in total. The second-order valence-electron chi connectivity index (χ2n) is 3.38. The molecule has 0 aliphatic heterocycles. The summed E-state index contributed by atoms with van der Waals surface area (Å²) in [5.41, 5.74) is 1.16. The Hall–Kier alpha value is -1.75. The van der Waals surface area contributed by atoms with Crippen LogP contribution in [0.3, 0.4) is 0 Å². The van der Waals surface area contributed by atoms with Gasteiger partial charge in [-0.3, -0.25) is 4.98 Å². The quantitative estimate of drug-likeness (QED) is 0.825. The zero-order chi connectivity index (χ0) is 12.1. The van der Waals surface area contributed by atoms with Gasteiger partial charge in [0.05, 0.1) is 0 Å². The predicted molar refractivity (Wildman–Crippen MR) is 64.3 cm³/mol. The fourth-order valence-electron chi connectivity index (χ4n) is 1.33. The van der Waals surface area contributed by atoms with E-state index >= 15 is 0 Å². The van der Waals surface area contributed by atoms with Crippen LogP contribution in [0.15, 0.2) is 46.2 Å². The van der Waals surface area contributed by atoms with Gasteiger partial charge < -0.3 is 9.52 Å². The van der Waals surface area contributed by atoms with E-state index in [-0.39, 0.29) is 5.76 Å². The third-order valence-electron chi connectivity index (χ3n) is 2.15. The second-order valence-corrected chi connectivity index (χ2v) is 4.48. The van der Waals surface area contributed by atoms with E-state index in [1.165, 1.54) is 17.8 Å². The number of thioether (sulfide) groups is 1. The molecule has 0 amide bonds. The van der Waals surface area contributed by atoms with E-state index in [1.807, 2.05) is 18.3 Å². The molecule has 0 saturated heterocycles. The highest BCUT2D eigenvalue weighted by Gasteiger charge is 2.08. The lowest BCUT2D eigenvalue weighted by atomic mass is 10.2. The molecule has 17 heavy (non-hydrogen) atoms. The standard InChI is InChI=1S/C12H11NO3S/c14-12(15)10-3-4-11(16-10)17-7-5-9-2-1-6-13-8-9/h1-4,6,8H,5,7H2,(H,14,15). The summed E-state index contributed by atoms with van der Waals surface area (Å²) in [7, 11) is 0. The smallest absolute Gasteiger partial charge is 0.371 e. The van der Waals surface area contributed by atoms with Gasteiger partial charge in [-0.05, 0) is 30.2 Å². The number of furan rings is 1. The van der Waals surface area contributed by atoms with E-state index in [1.54, 1.807) is 12.3 Å². The van der Waals surface area contributed by atoms with Crippen LogP contribution in [0.5, 0.6) is 0 Å². The number of hydrogen-bond donors (Lipinski definition) is 1. The maximum absolute atomic E-state index is 10.6. The lowest BCUT2D eigenvalue weighted by Gasteiger charge is -1.98. The molecule has 2 aromatic rings. The molecule has 0 unspecified atom stereocenters.